The zero-order valence-electron chi connectivity index (χ0n) is 16.1. The van der Waals surface area contributed by atoms with Crippen LogP contribution in [0.15, 0.2) is 23.4 Å². The molecule has 1 saturated heterocycles. The van der Waals surface area contributed by atoms with Crippen LogP contribution < -0.4 is 0 Å². The van der Waals surface area contributed by atoms with Crippen LogP contribution >= 0.6 is 11.8 Å². The number of hydrogen-bond donors (Lipinski definition) is 0. The second kappa shape index (κ2) is 7.78. The van der Waals surface area contributed by atoms with E-state index < -0.39 is 0 Å². The lowest BCUT2D eigenvalue weighted by Gasteiger charge is -2.40. The lowest BCUT2D eigenvalue weighted by atomic mass is 9.97. The van der Waals surface area contributed by atoms with Gasteiger partial charge in [-0.05, 0) is 81.5 Å². The second-order valence-electron chi connectivity index (χ2n) is 7.23. The second-order valence-corrected chi connectivity index (χ2v) is 8.53. The molecule has 0 unspecified atom stereocenters. The number of likely N-dealkylation sites (tertiary alicyclic amines) is 1. The Kier molecular flexibility index (Phi) is 5.65. The molecule has 0 aliphatic carbocycles. The van der Waals surface area contributed by atoms with Gasteiger partial charge in [0, 0.05) is 12.1 Å². The van der Waals surface area contributed by atoms with E-state index >= 15 is 0 Å². The molecule has 6 nitrogen and oxygen atoms in total. The van der Waals surface area contributed by atoms with E-state index in [1.165, 1.54) is 23.7 Å². The molecule has 2 aromatic rings. The maximum atomic E-state index is 13.0. The molecule has 2 heterocycles. The van der Waals surface area contributed by atoms with Gasteiger partial charge in [0.2, 0.25) is 11.1 Å². The van der Waals surface area contributed by atoms with Crippen LogP contribution in [0.5, 0.6) is 0 Å². The molecule has 0 spiro atoms. The van der Waals surface area contributed by atoms with Crippen molar-refractivity contribution in [3.8, 4) is 5.69 Å². The highest BCUT2D eigenvalue weighted by molar-refractivity contribution is 8.00. The molecule has 3 atom stereocenters. The van der Waals surface area contributed by atoms with Crippen LogP contribution in [-0.4, -0.2) is 48.3 Å². The van der Waals surface area contributed by atoms with Crippen molar-refractivity contribution in [1.29, 1.82) is 0 Å². The first kappa shape index (κ1) is 18.9. The van der Waals surface area contributed by atoms with E-state index in [4.69, 9.17) is 0 Å². The predicted molar refractivity (Wildman–Crippen MR) is 104 cm³/mol. The zero-order chi connectivity index (χ0) is 18.8. The van der Waals surface area contributed by atoms with Gasteiger partial charge in [-0.15, -0.1) is 5.10 Å². The number of carbonyl (C=O) groups is 1. The van der Waals surface area contributed by atoms with Crippen LogP contribution in [0, 0.1) is 13.8 Å². The summed E-state index contributed by atoms with van der Waals surface area (Å²) in [5.41, 5.74) is 3.28. The van der Waals surface area contributed by atoms with Crippen molar-refractivity contribution in [3.63, 3.8) is 0 Å². The van der Waals surface area contributed by atoms with Gasteiger partial charge in [-0.25, -0.2) is 0 Å². The van der Waals surface area contributed by atoms with E-state index in [9.17, 15) is 4.79 Å². The quantitative estimate of drug-likeness (QED) is 0.767. The van der Waals surface area contributed by atoms with E-state index in [1.54, 1.807) is 4.68 Å². The number of aromatic nitrogens is 4. The molecule has 1 aliphatic heterocycles. The Morgan fingerprint density at radius 1 is 1.23 bits per heavy atom. The number of amides is 1. The Labute approximate surface area is 159 Å². The maximum absolute atomic E-state index is 13.0. The molecule has 1 amide bonds. The molecule has 0 bridgehead atoms. The van der Waals surface area contributed by atoms with Crippen LogP contribution in [0.1, 0.15) is 51.2 Å². The summed E-state index contributed by atoms with van der Waals surface area (Å²) in [5, 5.41) is 12.6. The number of benzene rings is 1. The minimum atomic E-state index is -0.229. The summed E-state index contributed by atoms with van der Waals surface area (Å²) < 4.78 is 1.74. The topological polar surface area (TPSA) is 63.9 Å². The molecule has 7 heteroatoms. The summed E-state index contributed by atoms with van der Waals surface area (Å²) in [5.74, 6) is 0.171. The van der Waals surface area contributed by atoms with Crippen molar-refractivity contribution in [2.45, 2.75) is 76.4 Å². The highest BCUT2D eigenvalue weighted by Gasteiger charge is 2.32. The van der Waals surface area contributed by atoms with E-state index in [-0.39, 0.29) is 11.2 Å². The number of piperidine rings is 1. The average molecular weight is 374 g/mol. The number of tetrazole rings is 1. The summed E-state index contributed by atoms with van der Waals surface area (Å²) >= 11 is 1.43. The molecule has 1 aromatic heterocycles. The molecule has 1 fully saturated rings. The lowest BCUT2D eigenvalue weighted by Crippen LogP contribution is -2.50. The summed E-state index contributed by atoms with van der Waals surface area (Å²) in [6.45, 7) is 10.4. The van der Waals surface area contributed by atoms with Gasteiger partial charge in [-0.2, -0.15) is 4.68 Å². The fourth-order valence-corrected chi connectivity index (χ4v) is 4.50. The summed E-state index contributed by atoms with van der Waals surface area (Å²) in [7, 11) is 0. The van der Waals surface area contributed by atoms with Crippen LogP contribution in [-0.2, 0) is 4.79 Å². The molecule has 140 valence electrons. The average Bonchev–Trinajstić information content (AvgIpc) is 3.05. The van der Waals surface area contributed by atoms with Gasteiger partial charge < -0.3 is 4.90 Å². The molecule has 0 N–H and O–H groups in total. The number of hydrogen-bond acceptors (Lipinski definition) is 5. The number of aryl methyl sites for hydroxylation is 1. The molecule has 0 saturated carbocycles. The molecule has 26 heavy (non-hydrogen) atoms. The molecular formula is C19H27N5OS. The highest BCUT2D eigenvalue weighted by Crippen LogP contribution is 2.29. The molecule has 0 radical (unpaired) electrons. The van der Waals surface area contributed by atoms with Crippen molar-refractivity contribution in [2.24, 2.45) is 0 Å². The minimum absolute atomic E-state index is 0.171. The fourth-order valence-electron chi connectivity index (χ4n) is 3.64. The summed E-state index contributed by atoms with van der Waals surface area (Å²) in [4.78, 5) is 15.1. The van der Waals surface area contributed by atoms with Gasteiger partial charge in [0.15, 0.2) is 0 Å². The normalized spacial score (nSPS) is 21.7. The molecule has 1 aliphatic rings. The van der Waals surface area contributed by atoms with Crippen LogP contribution in [0.2, 0.25) is 0 Å². The Balaban J connectivity index is 1.81. The summed E-state index contributed by atoms with van der Waals surface area (Å²) in [6.07, 6.45) is 3.35. The van der Waals surface area contributed by atoms with E-state index in [0.717, 1.165) is 24.1 Å². The van der Waals surface area contributed by atoms with Crippen LogP contribution in [0.4, 0.5) is 0 Å². The first-order valence-corrected chi connectivity index (χ1v) is 10.1. The number of carbonyl (C=O) groups excluding carboxylic acids is 1. The number of rotatable bonds is 4. The Hall–Kier alpha value is -1.89. The largest absolute Gasteiger partial charge is 0.336 e. The standard InChI is InChI=1S/C19H27N5OS/c1-12-8-6-11-17(15(12)4)24-19(20-21-22-24)26-16(5)18(25)23-13(2)9-7-10-14(23)3/h6,8,11,13-14,16H,7,9-10H2,1-5H3/t13-,14-,16-/m0/s1. The van der Waals surface area contributed by atoms with Crippen LogP contribution in [0.3, 0.4) is 0 Å². The predicted octanol–water partition coefficient (Wildman–Crippen LogP) is 3.55. The zero-order valence-corrected chi connectivity index (χ0v) is 17.0. The number of nitrogens with zero attached hydrogens (tertiary/aromatic N) is 5. The fraction of sp³-hybridized carbons (Fsp3) is 0.579. The van der Waals surface area contributed by atoms with Gasteiger partial charge in [0.25, 0.3) is 0 Å². The van der Waals surface area contributed by atoms with Gasteiger partial charge in [0.1, 0.15) is 0 Å². The summed E-state index contributed by atoms with van der Waals surface area (Å²) in [6, 6.07) is 6.67. The molecular weight excluding hydrogens is 346 g/mol. The number of thioether (sulfide) groups is 1. The van der Waals surface area contributed by atoms with Crippen molar-refractivity contribution in [1.82, 2.24) is 25.1 Å². The highest BCUT2D eigenvalue weighted by atomic mass is 32.2. The van der Waals surface area contributed by atoms with Gasteiger partial charge in [-0.1, -0.05) is 23.9 Å². The van der Waals surface area contributed by atoms with E-state index in [1.807, 2.05) is 24.0 Å². The van der Waals surface area contributed by atoms with Gasteiger partial charge in [-0.3, -0.25) is 4.79 Å². The third kappa shape index (κ3) is 3.63. The Morgan fingerprint density at radius 3 is 2.62 bits per heavy atom. The van der Waals surface area contributed by atoms with Crippen LogP contribution in [0.25, 0.3) is 5.69 Å². The smallest absolute Gasteiger partial charge is 0.236 e. The molecule has 1 aromatic carbocycles. The Morgan fingerprint density at radius 2 is 1.92 bits per heavy atom. The van der Waals surface area contributed by atoms with Crippen molar-refractivity contribution >= 4 is 17.7 Å². The Bertz CT molecular complexity index is 780. The van der Waals surface area contributed by atoms with E-state index in [0.29, 0.717) is 17.2 Å². The van der Waals surface area contributed by atoms with E-state index in [2.05, 4.69) is 49.3 Å². The van der Waals surface area contributed by atoms with Crippen molar-refractivity contribution < 1.29 is 4.79 Å². The third-order valence-electron chi connectivity index (χ3n) is 5.32. The monoisotopic (exact) mass is 373 g/mol. The van der Waals surface area contributed by atoms with Gasteiger partial charge >= 0.3 is 0 Å². The van der Waals surface area contributed by atoms with Crippen molar-refractivity contribution in [3.05, 3.63) is 29.3 Å². The van der Waals surface area contributed by atoms with Gasteiger partial charge in [0.05, 0.1) is 10.9 Å². The third-order valence-corrected chi connectivity index (χ3v) is 6.34. The lowest BCUT2D eigenvalue weighted by molar-refractivity contribution is -0.136. The SMILES string of the molecule is Cc1cccc(-n2nnnc2S[C@@H](C)C(=O)N2[C@@H](C)CCC[C@@H]2C)c1C. The maximum Gasteiger partial charge on any atom is 0.236 e. The minimum Gasteiger partial charge on any atom is -0.336 e. The molecule has 3 rings (SSSR count). The van der Waals surface area contributed by atoms with Crippen molar-refractivity contribution in [2.75, 3.05) is 0 Å². The first-order valence-electron chi connectivity index (χ1n) is 9.24. The first-order chi connectivity index (χ1) is 12.4.